The van der Waals surface area contributed by atoms with Crippen molar-refractivity contribution < 1.29 is 4.79 Å². The minimum atomic E-state index is -0.186. The van der Waals surface area contributed by atoms with E-state index in [1.165, 1.54) is 31.5 Å². The molecule has 2 saturated carbocycles. The van der Waals surface area contributed by atoms with Crippen LogP contribution in [0.3, 0.4) is 0 Å². The van der Waals surface area contributed by atoms with Crippen LogP contribution in [0.4, 0.5) is 0 Å². The molecule has 3 rings (SSSR count). The highest BCUT2D eigenvalue weighted by Crippen LogP contribution is 2.62. The maximum atomic E-state index is 12.4. The lowest BCUT2D eigenvalue weighted by atomic mass is 9.68. The number of carbonyl (C=O) groups is 1. The quantitative estimate of drug-likeness (QED) is 0.869. The summed E-state index contributed by atoms with van der Waals surface area (Å²) in [6.07, 6.45) is 5.16. The fourth-order valence-corrected chi connectivity index (χ4v) is 4.43. The van der Waals surface area contributed by atoms with Crippen molar-refractivity contribution in [3.63, 3.8) is 0 Å². The number of H-pyrrole nitrogens is 1. The lowest BCUT2D eigenvalue weighted by Crippen LogP contribution is -2.52. The second-order valence-electron chi connectivity index (χ2n) is 7.26. The molecule has 0 aromatic carbocycles. The lowest BCUT2D eigenvalue weighted by molar-refractivity contribution is 0.0737. The van der Waals surface area contributed by atoms with E-state index >= 15 is 0 Å². The van der Waals surface area contributed by atoms with Gasteiger partial charge in [-0.05, 0) is 42.1 Å². The van der Waals surface area contributed by atoms with E-state index in [1.54, 1.807) is 6.07 Å². The van der Waals surface area contributed by atoms with Crippen LogP contribution in [0.25, 0.3) is 0 Å². The monoisotopic (exact) mass is 274 g/mol. The van der Waals surface area contributed by atoms with Crippen molar-refractivity contribution in [2.24, 2.45) is 16.7 Å². The van der Waals surface area contributed by atoms with Crippen molar-refractivity contribution in [1.82, 2.24) is 10.3 Å². The zero-order valence-electron chi connectivity index (χ0n) is 12.3. The van der Waals surface area contributed by atoms with Crippen molar-refractivity contribution in [3.8, 4) is 0 Å². The molecule has 0 radical (unpaired) electrons. The van der Waals surface area contributed by atoms with Crippen LogP contribution in [0.15, 0.2) is 23.1 Å². The number of nitrogens with one attached hydrogen (secondary N) is 2. The standard InChI is InChI=1S/C16H22N2O2/c1-15(2)11-6-7-16(3,8-11)14(15)18-13(20)10-4-5-12(19)17-9-10/h4-5,9,11,14H,6-8H2,1-3H3,(H,17,19)(H,18,20). The molecule has 3 unspecified atom stereocenters. The van der Waals surface area contributed by atoms with Gasteiger partial charge in [0.2, 0.25) is 5.56 Å². The predicted molar refractivity (Wildman–Crippen MR) is 77.5 cm³/mol. The summed E-state index contributed by atoms with van der Waals surface area (Å²) in [7, 11) is 0. The van der Waals surface area contributed by atoms with Crippen LogP contribution in [-0.2, 0) is 0 Å². The van der Waals surface area contributed by atoms with Gasteiger partial charge in [0.15, 0.2) is 0 Å². The van der Waals surface area contributed by atoms with Gasteiger partial charge in [0.05, 0.1) is 5.56 Å². The minimum absolute atomic E-state index is 0.0897. The van der Waals surface area contributed by atoms with Crippen LogP contribution in [0, 0.1) is 16.7 Å². The highest BCUT2D eigenvalue weighted by molar-refractivity contribution is 5.94. The number of rotatable bonds is 2. The Morgan fingerprint density at radius 2 is 2.10 bits per heavy atom. The number of carbonyl (C=O) groups excluding carboxylic acids is 1. The first-order chi connectivity index (χ1) is 9.33. The van der Waals surface area contributed by atoms with Crippen LogP contribution < -0.4 is 10.9 Å². The molecule has 108 valence electrons. The maximum Gasteiger partial charge on any atom is 0.253 e. The molecule has 0 aliphatic heterocycles. The predicted octanol–water partition coefficient (Wildman–Crippen LogP) is 2.32. The van der Waals surface area contributed by atoms with Crippen LogP contribution in [0.2, 0.25) is 0 Å². The Labute approximate surface area is 119 Å². The number of fused-ring (bicyclic) bond motifs is 2. The number of amides is 1. The van der Waals surface area contributed by atoms with Crippen molar-refractivity contribution in [3.05, 3.63) is 34.2 Å². The molecule has 1 heterocycles. The first-order valence-electron chi connectivity index (χ1n) is 7.32. The van der Waals surface area contributed by atoms with E-state index in [4.69, 9.17) is 0 Å². The van der Waals surface area contributed by atoms with E-state index in [2.05, 4.69) is 31.1 Å². The molecule has 2 bridgehead atoms. The molecule has 1 amide bonds. The molecule has 2 fully saturated rings. The van der Waals surface area contributed by atoms with Crippen LogP contribution >= 0.6 is 0 Å². The van der Waals surface area contributed by atoms with E-state index < -0.39 is 0 Å². The van der Waals surface area contributed by atoms with Gasteiger partial charge in [0.25, 0.3) is 5.91 Å². The van der Waals surface area contributed by atoms with Crippen molar-refractivity contribution in [2.45, 2.75) is 46.1 Å². The third kappa shape index (κ3) is 1.89. The summed E-state index contributed by atoms with van der Waals surface area (Å²) >= 11 is 0. The molecule has 2 N–H and O–H groups in total. The average Bonchev–Trinajstić information content (AvgIpc) is 2.86. The van der Waals surface area contributed by atoms with Crippen LogP contribution in [0.5, 0.6) is 0 Å². The number of pyridine rings is 1. The summed E-state index contributed by atoms with van der Waals surface area (Å²) < 4.78 is 0. The first kappa shape index (κ1) is 13.4. The topological polar surface area (TPSA) is 62.0 Å². The fraction of sp³-hybridized carbons (Fsp3) is 0.625. The molecule has 4 nitrogen and oxygen atoms in total. The third-order valence-corrected chi connectivity index (χ3v) is 5.59. The molecule has 1 aromatic rings. The fourth-order valence-electron chi connectivity index (χ4n) is 4.43. The van der Waals surface area contributed by atoms with E-state index in [1.807, 2.05) is 0 Å². The van der Waals surface area contributed by atoms with Gasteiger partial charge in [-0.3, -0.25) is 9.59 Å². The smallest absolute Gasteiger partial charge is 0.253 e. The molecule has 0 spiro atoms. The number of aromatic amines is 1. The highest BCUT2D eigenvalue weighted by atomic mass is 16.2. The number of hydrogen-bond donors (Lipinski definition) is 2. The van der Waals surface area contributed by atoms with Crippen LogP contribution in [-0.4, -0.2) is 16.9 Å². The second kappa shape index (κ2) is 4.21. The highest BCUT2D eigenvalue weighted by Gasteiger charge is 2.59. The van der Waals surface area contributed by atoms with Crippen molar-refractivity contribution in [2.75, 3.05) is 0 Å². The van der Waals surface area contributed by atoms with E-state index in [0.717, 1.165) is 0 Å². The summed E-state index contributed by atoms with van der Waals surface area (Å²) in [4.78, 5) is 26.0. The summed E-state index contributed by atoms with van der Waals surface area (Å²) in [6.45, 7) is 6.82. The van der Waals surface area contributed by atoms with Gasteiger partial charge < -0.3 is 10.3 Å². The number of aromatic nitrogens is 1. The zero-order valence-corrected chi connectivity index (χ0v) is 12.3. The van der Waals surface area contributed by atoms with Gasteiger partial charge in [-0.15, -0.1) is 0 Å². The summed E-state index contributed by atoms with van der Waals surface area (Å²) in [5, 5.41) is 3.22. The molecule has 3 atom stereocenters. The Balaban J connectivity index is 1.82. The Hall–Kier alpha value is -1.58. The molecule has 1 aromatic heterocycles. The lowest BCUT2D eigenvalue weighted by Gasteiger charge is -2.43. The molecular formula is C16H22N2O2. The van der Waals surface area contributed by atoms with Gasteiger partial charge >= 0.3 is 0 Å². The molecule has 2 aliphatic rings. The summed E-state index contributed by atoms with van der Waals surface area (Å²) in [5.74, 6) is 0.612. The largest absolute Gasteiger partial charge is 0.348 e. The van der Waals surface area contributed by atoms with Crippen LogP contribution in [0.1, 0.15) is 50.4 Å². The second-order valence-corrected chi connectivity index (χ2v) is 7.26. The van der Waals surface area contributed by atoms with Gasteiger partial charge in [-0.1, -0.05) is 20.8 Å². The summed E-state index contributed by atoms with van der Waals surface area (Å²) in [6, 6.07) is 3.17. The minimum Gasteiger partial charge on any atom is -0.348 e. The van der Waals surface area contributed by atoms with Gasteiger partial charge in [-0.2, -0.15) is 0 Å². The number of hydrogen-bond acceptors (Lipinski definition) is 2. The Kier molecular flexibility index (Phi) is 2.82. The first-order valence-corrected chi connectivity index (χ1v) is 7.32. The molecular weight excluding hydrogens is 252 g/mol. The van der Waals surface area contributed by atoms with E-state index in [0.29, 0.717) is 11.5 Å². The molecule has 2 aliphatic carbocycles. The SMILES string of the molecule is CC12CCC(C1)C(C)(C)C2NC(=O)c1ccc(=O)[nH]c1. The Morgan fingerprint density at radius 3 is 2.65 bits per heavy atom. The van der Waals surface area contributed by atoms with E-state index in [9.17, 15) is 9.59 Å². The molecule has 4 heteroatoms. The maximum absolute atomic E-state index is 12.4. The third-order valence-electron chi connectivity index (χ3n) is 5.59. The van der Waals surface area contributed by atoms with Gasteiger partial charge in [0.1, 0.15) is 0 Å². The Morgan fingerprint density at radius 1 is 1.35 bits per heavy atom. The average molecular weight is 274 g/mol. The Bertz CT molecular complexity index is 579. The van der Waals surface area contributed by atoms with Gasteiger partial charge in [0, 0.05) is 18.3 Å². The normalized spacial score (nSPS) is 34.1. The van der Waals surface area contributed by atoms with Crippen molar-refractivity contribution >= 4 is 5.91 Å². The van der Waals surface area contributed by atoms with E-state index in [-0.39, 0.29) is 28.3 Å². The van der Waals surface area contributed by atoms with Gasteiger partial charge in [-0.25, -0.2) is 0 Å². The van der Waals surface area contributed by atoms with Crippen molar-refractivity contribution in [1.29, 1.82) is 0 Å². The zero-order chi connectivity index (χ0) is 14.5. The molecule has 20 heavy (non-hydrogen) atoms. The molecule has 0 saturated heterocycles. The summed E-state index contributed by atoms with van der Waals surface area (Å²) in [5.41, 5.74) is 0.692.